The number of pyridine rings is 2. The number of rotatable bonds is 6. The van der Waals surface area contributed by atoms with Gasteiger partial charge in [0.2, 0.25) is 11.8 Å². The number of methoxy groups -OCH3 is 1. The first-order valence-electron chi connectivity index (χ1n) is 11.1. The second-order valence-electron chi connectivity index (χ2n) is 7.96. The highest BCUT2D eigenvalue weighted by Crippen LogP contribution is 2.30. The van der Waals surface area contributed by atoms with E-state index in [4.69, 9.17) is 4.74 Å². The highest BCUT2D eigenvalue weighted by atomic mass is 16.5. The SMILES string of the molecule is COc1ccc(CNC(=O)c2ccccc2)cn1.O=C(Nc1ccc2cnccc2c1)C1CC1. The van der Waals surface area contributed by atoms with Gasteiger partial charge in [-0.1, -0.05) is 30.3 Å². The van der Waals surface area contributed by atoms with Crippen molar-refractivity contribution in [3.05, 3.63) is 96.4 Å². The molecular formula is C27H26N4O3. The van der Waals surface area contributed by atoms with Gasteiger partial charge in [0.15, 0.2) is 0 Å². The molecule has 2 N–H and O–H groups in total. The van der Waals surface area contributed by atoms with Gasteiger partial charge in [-0.3, -0.25) is 14.6 Å². The number of ether oxygens (including phenoxy) is 1. The molecule has 2 heterocycles. The lowest BCUT2D eigenvalue weighted by atomic mass is 10.1. The highest BCUT2D eigenvalue weighted by molar-refractivity contribution is 5.96. The molecule has 7 heteroatoms. The fraction of sp³-hybridized carbons (Fsp3) is 0.185. The molecule has 2 aromatic heterocycles. The first kappa shape index (κ1) is 22.9. The third-order valence-electron chi connectivity index (χ3n) is 5.35. The van der Waals surface area contributed by atoms with Crippen LogP contribution in [0.2, 0.25) is 0 Å². The van der Waals surface area contributed by atoms with E-state index in [0.29, 0.717) is 18.0 Å². The summed E-state index contributed by atoms with van der Waals surface area (Å²) >= 11 is 0. The summed E-state index contributed by atoms with van der Waals surface area (Å²) in [5.41, 5.74) is 2.45. The van der Waals surface area contributed by atoms with E-state index in [9.17, 15) is 9.59 Å². The largest absolute Gasteiger partial charge is 0.481 e. The fourth-order valence-electron chi connectivity index (χ4n) is 3.26. The molecule has 7 nitrogen and oxygen atoms in total. The summed E-state index contributed by atoms with van der Waals surface area (Å²) in [6.45, 7) is 0.449. The Morgan fingerprint density at radius 2 is 1.79 bits per heavy atom. The molecule has 0 radical (unpaired) electrons. The maximum atomic E-state index is 11.8. The zero-order valence-electron chi connectivity index (χ0n) is 18.9. The number of hydrogen-bond acceptors (Lipinski definition) is 5. The van der Waals surface area contributed by atoms with Crippen molar-refractivity contribution in [1.82, 2.24) is 15.3 Å². The van der Waals surface area contributed by atoms with Crippen LogP contribution in [-0.4, -0.2) is 28.9 Å². The normalized spacial score (nSPS) is 12.3. The molecule has 0 saturated heterocycles. The van der Waals surface area contributed by atoms with Crippen LogP contribution in [0.15, 0.2) is 85.3 Å². The lowest BCUT2D eigenvalue weighted by Gasteiger charge is -2.05. The van der Waals surface area contributed by atoms with E-state index in [-0.39, 0.29) is 17.7 Å². The summed E-state index contributed by atoms with van der Waals surface area (Å²) in [4.78, 5) is 31.5. The van der Waals surface area contributed by atoms with Crippen LogP contribution in [0.25, 0.3) is 10.8 Å². The van der Waals surface area contributed by atoms with Gasteiger partial charge in [0.1, 0.15) is 0 Å². The maximum absolute atomic E-state index is 11.8. The standard InChI is InChI=1S/C14H14N2O2.C13H12N2O/c1-18-13-8-7-11(9-15-13)10-16-14(17)12-5-3-2-4-6-12;16-13(9-1-2-9)15-12-4-3-11-8-14-6-5-10(11)7-12/h2-9H,10H2,1H3,(H,16,17);3-9H,1-2H2,(H,15,16). The van der Waals surface area contributed by atoms with Crippen LogP contribution >= 0.6 is 0 Å². The lowest BCUT2D eigenvalue weighted by Crippen LogP contribution is -2.22. The van der Waals surface area contributed by atoms with Gasteiger partial charge >= 0.3 is 0 Å². The van der Waals surface area contributed by atoms with Crippen LogP contribution < -0.4 is 15.4 Å². The lowest BCUT2D eigenvalue weighted by molar-refractivity contribution is -0.117. The van der Waals surface area contributed by atoms with Crippen molar-refractivity contribution in [3.63, 3.8) is 0 Å². The molecule has 1 aliphatic rings. The molecule has 0 atom stereocenters. The van der Waals surface area contributed by atoms with Crippen LogP contribution in [0.1, 0.15) is 28.8 Å². The minimum absolute atomic E-state index is 0.0913. The number of aromatic nitrogens is 2. The zero-order valence-corrected chi connectivity index (χ0v) is 18.9. The van der Waals surface area contributed by atoms with Crippen LogP contribution in [-0.2, 0) is 11.3 Å². The monoisotopic (exact) mass is 454 g/mol. The highest BCUT2D eigenvalue weighted by Gasteiger charge is 2.29. The second kappa shape index (κ2) is 11.0. The second-order valence-corrected chi connectivity index (χ2v) is 7.96. The number of nitrogens with one attached hydrogen (secondary N) is 2. The van der Waals surface area contributed by atoms with E-state index in [1.807, 2.05) is 54.7 Å². The van der Waals surface area contributed by atoms with E-state index in [0.717, 1.165) is 34.9 Å². The van der Waals surface area contributed by atoms with Gasteiger partial charge in [-0.15, -0.1) is 0 Å². The van der Waals surface area contributed by atoms with Crippen molar-refractivity contribution in [3.8, 4) is 5.88 Å². The maximum Gasteiger partial charge on any atom is 0.251 e. The first-order valence-corrected chi connectivity index (χ1v) is 11.1. The van der Waals surface area contributed by atoms with Crippen LogP contribution in [0, 0.1) is 5.92 Å². The molecular weight excluding hydrogens is 428 g/mol. The van der Waals surface area contributed by atoms with Crippen molar-refractivity contribution in [2.75, 3.05) is 12.4 Å². The van der Waals surface area contributed by atoms with Crippen molar-refractivity contribution >= 4 is 28.3 Å². The van der Waals surface area contributed by atoms with E-state index >= 15 is 0 Å². The number of amides is 2. The molecule has 1 fully saturated rings. The van der Waals surface area contributed by atoms with Crippen molar-refractivity contribution < 1.29 is 14.3 Å². The Bertz CT molecular complexity index is 1260. The molecule has 0 aliphatic heterocycles. The molecule has 0 spiro atoms. The Morgan fingerprint density at radius 1 is 0.971 bits per heavy atom. The zero-order chi connectivity index (χ0) is 23.8. The molecule has 5 rings (SSSR count). The number of carbonyl (C=O) groups excluding carboxylic acids is 2. The van der Waals surface area contributed by atoms with Gasteiger partial charge in [0, 0.05) is 53.8 Å². The predicted octanol–water partition coefficient (Wildman–Crippen LogP) is 4.60. The van der Waals surface area contributed by atoms with E-state index in [1.165, 1.54) is 0 Å². The number of fused-ring (bicyclic) bond motifs is 1. The first-order chi connectivity index (χ1) is 16.6. The van der Waals surface area contributed by atoms with Gasteiger partial charge in [0.25, 0.3) is 5.91 Å². The average molecular weight is 455 g/mol. The Hall–Kier alpha value is -4.26. The van der Waals surface area contributed by atoms with Crippen molar-refractivity contribution in [2.24, 2.45) is 5.92 Å². The molecule has 0 bridgehead atoms. The van der Waals surface area contributed by atoms with Crippen LogP contribution in [0.5, 0.6) is 5.88 Å². The van der Waals surface area contributed by atoms with Gasteiger partial charge in [-0.2, -0.15) is 0 Å². The van der Waals surface area contributed by atoms with Gasteiger partial charge in [0.05, 0.1) is 7.11 Å². The molecule has 1 saturated carbocycles. The topological polar surface area (TPSA) is 93.2 Å². The van der Waals surface area contributed by atoms with E-state index in [2.05, 4.69) is 20.6 Å². The Kier molecular flexibility index (Phi) is 7.45. The summed E-state index contributed by atoms with van der Waals surface area (Å²) < 4.78 is 4.97. The van der Waals surface area contributed by atoms with Crippen LogP contribution in [0.3, 0.4) is 0 Å². The third-order valence-corrected chi connectivity index (χ3v) is 5.35. The number of carbonyl (C=O) groups is 2. The summed E-state index contributed by atoms with van der Waals surface area (Å²) in [6, 6.07) is 20.6. The minimum Gasteiger partial charge on any atom is -0.481 e. The molecule has 2 amide bonds. The molecule has 2 aromatic carbocycles. The fourth-order valence-corrected chi connectivity index (χ4v) is 3.26. The quantitative estimate of drug-likeness (QED) is 0.444. The minimum atomic E-state index is -0.0913. The molecule has 4 aromatic rings. The molecule has 172 valence electrons. The summed E-state index contributed by atoms with van der Waals surface area (Å²) in [5, 5.41) is 7.96. The predicted molar refractivity (Wildman–Crippen MR) is 131 cm³/mol. The van der Waals surface area contributed by atoms with Crippen molar-refractivity contribution in [1.29, 1.82) is 0 Å². The number of nitrogens with zero attached hydrogens (tertiary/aromatic N) is 2. The Balaban J connectivity index is 0.000000162. The smallest absolute Gasteiger partial charge is 0.251 e. The number of anilines is 1. The van der Waals surface area contributed by atoms with Gasteiger partial charge in [-0.25, -0.2) is 4.98 Å². The van der Waals surface area contributed by atoms with Crippen LogP contribution in [0.4, 0.5) is 5.69 Å². The Morgan fingerprint density at radius 3 is 2.50 bits per heavy atom. The van der Waals surface area contributed by atoms with Gasteiger partial charge in [-0.05, 0) is 54.1 Å². The third kappa shape index (κ3) is 6.38. The average Bonchev–Trinajstić information content (AvgIpc) is 3.74. The van der Waals surface area contributed by atoms with Gasteiger partial charge < -0.3 is 15.4 Å². The summed E-state index contributed by atoms with van der Waals surface area (Å²) in [7, 11) is 1.57. The molecule has 1 aliphatic carbocycles. The van der Waals surface area contributed by atoms with E-state index in [1.54, 1.807) is 37.7 Å². The summed E-state index contributed by atoms with van der Waals surface area (Å²) in [6.07, 6.45) is 7.33. The molecule has 0 unspecified atom stereocenters. The van der Waals surface area contributed by atoms with E-state index < -0.39 is 0 Å². The summed E-state index contributed by atoms with van der Waals surface area (Å²) in [5.74, 6) is 0.862. The molecule has 34 heavy (non-hydrogen) atoms. The number of hydrogen-bond donors (Lipinski definition) is 2. The number of benzene rings is 2. The Labute approximate surface area is 198 Å². The van der Waals surface area contributed by atoms with Crippen molar-refractivity contribution in [2.45, 2.75) is 19.4 Å².